The van der Waals surface area contributed by atoms with Crippen molar-refractivity contribution in [3.63, 3.8) is 0 Å². The third-order valence-corrected chi connectivity index (χ3v) is 4.78. The largest absolute Gasteiger partial charge is 0.382 e. The number of fused-ring (bicyclic) bond motifs is 2. The summed E-state index contributed by atoms with van der Waals surface area (Å²) in [6, 6.07) is 16.8. The van der Waals surface area contributed by atoms with Crippen LogP contribution in [0.15, 0.2) is 48.5 Å². The monoisotopic (exact) mass is 292 g/mol. The molecule has 112 valence electrons. The summed E-state index contributed by atoms with van der Waals surface area (Å²) in [5, 5.41) is 3.48. The summed E-state index contributed by atoms with van der Waals surface area (Å²) in [6.45, 7) is 2.95. The molecule has 0 fully saturated rings. The molecule has 0 bridgehead atoms. The van der Waals surface area contributed by atoms with Crippen molar-refractivity contribution in [2.24, 2.45) is 0 Å². The van der Waals surface area contributed by atoms with Crippen LogP contribution in [-0.4, -0.2) is 18.5 Å². The van der Waals surface area contributed by atoms with E-state index in [2.05, 4.69) is 42.6 Å². The van der Waals surface area contributed by atoms with Gasteiger partial charge in [0.15, 0.2) is 0 Å². The zero-order valence-electron chi connectivity index (χ0n) is 12.8. The lowest BCUT2D eigenvalue weighted by molar-refractivity contribution is -0.120. The molecular weight excluding hydrogens is 272 g/mol. The zero-order valence-corrected chi connectivity index (χ0v) is 12.8. The van der Waals surface area contributed by atoms with Crippen molar-refractivity contribution in [1.82, 2.24) is 0 Å². The molecule has 2 aliphatic heterocycles. The maximum absolute atomic E-state index is 13.2. The van der Waals surface area contributed by atoms with Gasteiger partial charge < -0.3 is 10.2 Å². The average Bonchev–Trinajstić information content (AvgIpc) is 2.97. The second-order valence-corrected chi connectivity index (χ2v) is 6.29. The van der Waals surface area contributed by atoms with Crippen LogP contribution >= 0.6 is 0 Å². The first kappa shape index (κ1) is 13.4. The van der Waals surface area contributed by atoms with E-state index >= 15 is 0 Å². The summed E-state index contributed by atoms with van der Waals surface area (Å²) in [4.78, 5) is 15.2. The Labute approximate surface area is 131 Å². The minimum absolute atomic E-state index is 0.0430. The van der Waals surface area contributed by atoms with Crippen LogP contribution in [0.5, 0.6) is 0 Å². The van der Waals surface area contributed by atoms with E-state index in [1.54, 1.807) is 0 Å². The zero-order chi connectivity index (χ0) is 15.1. The number of anilines is 2. The molecule has 2 aromatic carbocycles. The summed E-state index contributed by atoms with van der Waals surface area (Å²) >= 11 is 0. The first-order valence-electron chi connectivity index (χ1n) is 7.99. The van der Waals surface area contributed by atoms with Crippen molar-refractivity contribution in [2.75, 3.05) is 16.8 Å². The number of rotatable bonds is 1. The molecule has 3 nitrogen and oxygen atoms in total. The molecular formula is C19H20N2O. The molecule has 0 aliphatic carbocycles. The highest BCUT2D eigenvalue weighted by Crippen LogP contribution is 2.38. The first-order valence-corrected chi connectivity index (χ1v) is 7.99. The van der Waals surface area contributed by atoms with Crippen LogP contribution in [0.4, 0.5) is 11.4 Å². The molecule has 2 unspecified atom stereocenters. The van der Waals surface area contributed by atoms with E-state index in [-0.39, 0.29) is 11.8 Å². The molecule has 2 aromatic rings. The van der Waals surface area contributed by atoms with Crippen LogP contribution in [0.25, 0.3) is 0 Å². The van der Waals surface area contributed by atoms with Crippen LogP contribution in [0, 0.1) is 0 Å². The molecule has 1 amide bonds. The van der Waals surface area contributed by atoms with Gasteiger partial charge in [0.25, 0.3) is 0 Å². The van der Waals surface area contributed by atoms with Gasteiger partial charge in [-0.25, -0.2) is 0 Å². The fourth-order valence-corrected chi connectivity index (χ4v) is 3.73. The van der Waals surface area contributed by atoms with E-state index < -0.39 is 0 Å². The minimum Gasteiger partial charge on any atom is -0.382 e. The molecule has 0 spiro atoms. The summed E-state index contributed by atoms with van der Waals surface area (Å²) in [5.41, 5.74) is 4.62. The molecule has 0 saturated heterocycles. The Hall–Kier alpha value is -2.29. The van der Waals surface area contributed by atoms with Crippen molar-refractivity contribution < 1.29 is 4.79 Å². The highest BCUT2D eigenvalue weighted by molar-refractivity contribution is 6.00. The summed E-state index contributed by atoms with van der Waals surface area (Å²) in [7, 11) is 0. The summed E-state index contributed by atoms with van der Waals surface area (Å²) < 4.78 is 0. The van der Waals surface area contributed by atoms with Crippen LogP contribution < -0.4 is 10.2 Å². The average molecular weight is 292 g/mol. The van der Waals surface area contributed by atoms with Crippen LogP contribution in [-0.2, 0) is 11.2 Å². The van der Waals surface area contributed by atoms with Gasteiger partial charge in [-0.05, 0) is 43.0 Å². The normalized spacial score (nSPS) is 22.7. The van der Waals surface area contributed by atoms with Gasteiger partial charge in [-0.1, -0.05) is 36.4 Å². The Morgan fingerprint density at radius 1 is 1.14 bits per heavy atom. The Bertz CT molecular complexity index is 725. The molecule has 2 aliphatic rings. The molecule has 2 atom stereocenters. The van der Waals surface area contributed by atoms with Crippen LogP contribution in [0.3, 0.4) is 0 Å². The fourth-order valence-electron chi connectivity index (χ4n) is 3.73. The van der Waals surface area contributed by atoms with E-state index in [0.29, 0.717) is 6.04 Å². The number of carbonyl (C=O) groups excluding carboxylic acids is 1. The lowest BCUT2D eigenvalue weighted by Gasteiger charge is -2.33. The molecule has 0 radical (unpaired) electrons. The van der Waals surface area contributed by atoms with Crippen molar-refractivity contribution >= 4 is 17.3 Å². The standard InChI is InChI=1S/C19H20N2O/c1-13-12-16(15-7-3-4-8-17(15)20-13)19(22)21-11-10-14-6-2-5-9-18(14)21/h2-9,13,16,20H,10-12H2,1H3. The Kier molecular flexibility index (Phi) is 3.14. The van der Waals surface area contributed by atoms with Crippen LogP contribution in [0.1, 0.15) is 30.4 Å². The van der Waals surface area contributed by atoms with Crippen LogP contribution in [0.2, 0.25) is 0 Å². The van der Waals surface area contributed by atoms with Gasteiger partial charge in [-0.3, -0.25) is 4.79 Å². The second kappa shape index (κ2) is 5.16. The molecule has 4 rings (SSSR count). The summed E-state index contributed by atoms with van der Waals surface area (Å²) in [6.07, 6.45) is 1.82. The topological polar surface area (TPSA) is 32.3 Å². The first-order chi connectivity index (χ1) is 10.7. The maximum atomic E-state index is 13.2. The highest BCUT2D eigenvalue weighted by atomic mass is 16.2. The lowest BCUT2D eigenvalue weighted by Crippen LogP contribution is -2.38. The van der Waals surface area contributed by atoms with Gasteiger partial charge in [0.05, 0.1) is 5.92 Å². The third-order valence-electron chi connectivity index (χ3n) is 4.78. The van der Waals surface area contributed by atoms with Crippen molar-refractivity contribution in [3.05, 3.63) is 59.7 Å². The number of nitrogens with one attached hydrogen (secondary N) is 1. The van der Waals surface area contributed by atoms with Gasteiger partial charge >= 0.3 is 0 Å². The van der Waals surface area contributed by atoms with Gasteiger partial charge in [0.2, 0.25) is 5.91 Å². The maximum Gasteiger partial charge on any atom is 0.234 e. The van der Waals surface area contributed by atoms with E-state index in [1.165, 1.54) is 5.56 Å². The van der Waals surface area contributed by atoms with Crippen molar-refractivity contribution in [1.29, 1.82) is 0 Å². The number of hydrogen-bond acceptors (Lipinski definition) is 2. The highest BCUT2D eigenvalue weighted by Gasteiger charge is 2.35. The Morgan fingerprint density at radius 2 is 1.91 bits per heavy atom. The Morgan fingerprint density at radius 3 is 2.82 bits per heavy atom. The fraction of sp³-hybridized carbons (Fsp3) is 0.316. The molecule has 2 heterocycles. The van der Waals surface area contributed by atoms with Gasteiger partial charge in [-0.15, -0.1) is 0 Å². The van der Waals surface area contributed by atoms with Gasteiger partial charge in [-0.2, -0.15) is 0 Å². The predicted molar refractivity (Wildman–Crippen MR) is 89.4 cm³/mol. The number of hydrogen-bond donors (Lipinski definition) is 1. The Balaban J connectivity index is 1.70. The number of para-hydroxylation sites is 2. The third kappa shape index (κ3) is 2.08. The number of carbonyl (C=O) groups is 1. The number of benzene rings is 2. The van der Waals surface area contributed by atoms with E-state index in [9.17, 15) is 4.79 Å². The lowest BCUT2D eigenvalue weighted by atomic mass is 9.86. The van der Waals surface area contributed by atoms with Crippen molar-refractivity contribution in [3.8, 4) is 0 Å². The minimum atomic E-state index is -0.0430. The molecule has 0 aromatic heterocycles. The molecule has 22 heavy (non-hydrogen) atoms. The molecule has 1 N–H and O–H groups in total. The molecule has 3 heteroatoms. The quantitative estimate of drug-likeness (QED) is 0.871. The van der Waals surface area contributed by atoms with E-state index in [1.807, 2.05) is 23.1 Å². The number of nitrogens with zero attached hydrogens (tertiary/aromatic N) is 1. The van der Waals surface area contributed by atoms with Gasteiger partial charge in [0.1, 0.15) is 0 Å². The number of amides is 1. The van der Waals surface area contributed by atoms with Gasteiger partial charge in [0, 0.05) is 24.0 Å². The SMILES string of the molecule is CC1CC(C(=O)N2CCc3ccccc32)c2ccccc2N1. The summed E-state index contributed by atoms with van der Waals surface area (Å²) in [5.74, 6) is 0.198. The van der Waals surface area contributed by atoms with E-state index in [4.69, 9.17) is 0 Å². The predicted octanol–water partition coefficient (Wildman–Crippen LogP) is 3.56. The smallest absolute Gasteiger partial charge is 0.234 e. The van der Waals surface area contributed by atoms with Crippen molar-refractivity contribution in [2.45, 2.75) is 31.7 Å². The second-order valence-electron chi connectivity index (χ2n) is 6.29. The van der Waals surface area contributed by atoms with E-state index in [0.717, 1.165) is 36.3 Å². The molecule has 0 saturated carbocycles.